The van der Waals surface area contributed by atoms with Crippen molar-refractivity contribution in [1.82, 2.24) is 9.88 Å². The van der Waals surface area contributed by atoms with E-state index in [0.29, 0.717) is 13.0 Å². The molecule has 0 atom stereocenters. The minimum absolute atomic E-state index is 0.144. The van der Waals surface area contributed by atoms with Gasteiger partial charge in [-0.05, 0) is 19.8 Å². The van der Waals surface area contributed by atoms with Gasteiger partial charge >= 0.3 is 0 Å². The summed E-state index contributed by atoms with van der Waals surface area (Å²) in [7, 11) is 1.84. The standard InChI is InChI=1S/C13H21N3OS/c1-10-15-8-11(18-10)9-16(2)12(17)7-13(14)5-3-4-6-13/h8H,3-7,9,14H2,1-2H3. The molecule has 0 unspecified atom stereocenters. The first-order chi connectivity index (χ1) is 8.48. The summed E-state index contributed by atoms with van der Waals surface area (Å²) in [5.74, 6) is 0.144. The molecule has 18 heavy (non-hydrogen) atoms. The number of carbonyl (C=O) groups is 1. The molecule has 1 aliphatic rings. The van der Waals surface area contributed by atoms with Crippen molar-refractivity contribution in [3.8, 4) is 0 Å². The Morgan fingerprint density at radius 1 is 1.56 bits per heavy atom. The molecule has 2 N–H and O–H groups in total. The summed E-state index contributed by atoms with van der Waals surface area (Å²) in [6.07, 6.45) is 6.58. The molecule has 0 saturated heterocycles. The Bertz CT molecular complexity index is 424. The van der Waals surface area contributed by atoms with Crippen LogP contribution in [0.2, 0.25) is 0 Å². The molecule has 1 amide bonds. The molecular formula is C13H21N3OS. The van der Waals surface area contributed by atoms with E-state index in [0.717, 1.165) is 35.6 Å². The summed E-state index contributed by atoms with van der Waals surface area (Å²) < 4.78 is 0. The second kappa shape index (κ2) is 5.36. The van der Waals surface area contributed by atoms with Crippen LogP contribution in [0, 0.1) is 6.92 Å². The van der Waals surface area contributed by atoms with Crippen LogP contribution in [-0.4, -0.2) is 28.4 Å². The molecule has 0 aliphatic heterocycles. The van der Waals surface area contributed by atoms with E-state index in [1.54, 1.807) is 16.2 Å². The Labute approximate surface area is 112 Å². The van der Waals surface area contributed by atoms with Gasteiger partial charge in [-0.2, -0.15) is 0 Å². The van der Waals surface area contributed by atoms with Gasteiger partial charge in [0.05, 0.1) is 11.6 Å². The molecule has 0 spiro atoms. The molecule has 4 nitrogen and oxygen atoms in total. The van der Waals surface area contributed by atoms with Crippen LogP contribution in [0.1, 0.15) is 42.0 Å². The summed E-state index contributed by atoms with van der Waals surface area (Å²) in [6.45, 7) is 2.61. The van der Waals surface area contributed by atoms with Crippen LogP contribution in [-0.2, 0) is 11.3 Å². The SMILES string of the molecule is Cc1ncc(CN(C)C(=O)CC2(N)CCCC2)s1. The minimum atomic E-state index is -0.255. The molecular weight excluding hydrogens is 246 g/mol. The maximum absolute atomic E-state index is 12.1. The first-order valence-electron chi connectivity index (χ1n) is 6.43. The minimum Gasteiger partial charge on any atom is -0.340 e. The van der Waals surface area contributed by atoms with E-state index in [4.69, 9.17) is 5.73 Å². The number of nitrogens with zero attached hydrogens (tertiary/aromatic N) is 2. The predicted molar refractivity (Wildman–Crippen MR) is 73.3 cm³/mol. The quantitative estimate of drug-likeness (QED) is 0.908. The van der Waals surface area contributed by atoms with Crippen molar-refractivity contribution >= 4 is 17.2 Å². The molecule has 5 heteroatoms. The molecule has 1 saturated carbocycles. The maximum Gasteiger partial charge on any atom is 0.224 e. The van der Waals surface area contributed by atoms with Crippen LogP contribution >= 0.6 is 11.3 Å². The van der Waals surface area contributed by atoms with E-state index in [2.05, 4.69) is 4.98 Å². The fourth-order valence-electron chi connectivity index (χ4n) is 2.49. The zero-order valence-corrected chi connectivity index (χ0v) is 11.9. The first-order valence-corrected chi connectivity index (χ1v) is 7.24. The van der Waals surface area contributed by atoms with Crippen LogP contribution in [0.4, 0.5) is 0 Å². The molecule has 0 bridgehead atoms. The van der Waals surface area contributed by atoms with Gasteiger partial charge in [0.25, 0.3) is 0 Å². The van der Waals surface area contributed by atoms with Crippen molar-refractivity contribution in [1.29, 1.82) is 0 Å². The van der Waals surface area contributed by atoms with Gasteiger partial charge in [0.1, 0.15) is 0 Å². The lowest BCUT2D eigenvalue weighted by Gasteiger charge is -2.26. The van der Waals surface area contributed by atoms with Gasteiger partial charge in [-0.3, -0.25) is 4.79 Å². The number of nitrogens with two attached hydrogens (primary N) is 1. The largest absolute Gasteiger partial charge is 0.340 e. The van der Waals surface area contributed by atoms with Crippen molar-refractivity contribution in [2.45, 2.75) is 51.1 Å². The molecule has 1 heterocycles. The van der Waals surface area contributed by atoms with Gasteiger partial charge in [-0.15, -0.1) is 11.3 Å². The van der Waals surface area contributed by atoms with Crippen molar-refractivity contribution in [3.05, 3.63) is 16.1 Å². The second-order valence-electron chi connectivity index (χ2n) is 5.34. The molecule has 1 fully saturated rings. The summed E-state index contributed by atoms with van der Waals surface area (Å²) in [5.41, 5.74) is 5.98. The Balaban J connectivity index is 1.88. The molecule has 1 aromatic heterocycles. The van der Waals surface area contributed by atoms with Gasteiger partial charge in [0.15, 0.2) is 0 Å². The van der Waals surface area contributed by atoms with Crippen LogP contribution < -0.4 is 5.73 Å². The smallest absolute Gasteiger partial charge is 0.224 e. The Morgan fingerprint density at radius 2 is 2.22 bits per heavy atom. The fraction of sp³-hybridized carbons (Fsp3) is 0.692. The van der Waals surface area contributed by atoms with Gasteiger partial charge < -0.3 is 10.6 Å². The normalized spacial score (nSPS) is 17.9. The highest BCUT2D eigenvalue weighted by Crippen LogP contribution is 2.30. The van der Waals surface area contributed by atoms with Crippen molar-refractivity contribution in [2.24, 2.45) is 5.73 Å². The van der Waals surface area contributed by atoms with E-state index in [1.165, 1.54) is 0 Å². The number of amides is 1. The van der Waals surface area contributed by atoms with Crippen molar-refractivity contribution in [3.63, 3.8) is 0 Å². The van der Waals surface area contributed by atoms with Gasteiger partial charge in [0, 0.05) is 30.1 Å². The van der Waals surface area contributed by atoms with E-state index < -0.39 is 0 Å². The van der Waals surface area contributed by atoms with Crippen LogP contribution in [0.5, 0.6) is 0 Å². The topological polar surface area (TPSA) is 59.2 Å². The lowest BCUT2D eigenvalue weighted by molar-refractivity contribution is -0.131. The average molecular weight is 267 g/mol. The third-order valence-corrected chi connectivity index (χ3v) is 4.49. The number of thiazole rings is 1. The zero-order chi connectivity index (χ0) is 13.2. The van der Waals surface area contributed by atoms with Gasteiger partial charge in [-0.25, -0.2) is 4.98 Å². The zero-order valence-electron chi connectivity index (χ0n) is 11.1. The van der Waals surface area contributed by atoms with Gasteiger partial charge in [0.2, 0.25) is 5.91 Å². The number of hydrogen-bond acceptors (Lipinski definition) is 4. The summed E-state index contributed by atoms with van der Waals surface area (Å²) >= 11 is 1.64. The Kier molecular flexibility index (Phi) is 4.02. The van der Waals surface area contributed by atoms with Crippen LogP contribution in [0.25, 0.3) is 0 Å². The lowest BCUT2D eigenvalue weighted by Crippen LogP contribution is -2.42. The van der Waals surface area contributed by atoms with Gasteiger partial charge in [-0.1, -0.05) is 12.8 Å². The van der Waals surface area contributed by atoms with Crippen molar-refractivity contribution < 1.29 is 4.79 Å². The predicted octanol–water partition coefficient (Wildman–Crippen LogP) is 2.07. The lowest BCUT2D eigenvalue weighted by atomic mass is 9.94. The van der Waals surface area contributed by atoms with E-state index >= 15 is 0 Å². The number of aryl methyl sites for hydroxylation is 1. The Hall–Kier alpha value is -0.940. The number of hydrogen-bond donors (Lipinski definition) is 1. The highest BCUT2D eigenvalue weighted by molar-refractivity contribution is 7.11. The van der Waals surface area contributed by atoms with E-state index in [9.17, 15) is 4.79 Å². The first kappa shape index (κ1) is 13.5. The molecule has 1 aliphatic carbocycles. The number of carbonyl (C=O) groups excluding carboxylic acids is 1. The van der Waals surface area contributed by atoms with Crippen LogP contribution in [0.15, 0.2) is 6.20 Å². The maximum atomic E-state index is 12.1. The highest BCUT2D eigenvalue weighted by atomic mass is 32.1. The molecule has 0 radical (unpaired) electrons. The number of aromatic nitrogens is 1. The molecule has 1 aromatic rings. The van der Waals surface area contributed by atoms with Crippen LogP contribution in [0.3, 0.4) is 0 Å². The van der Waals surface area contributed by atoms with E-state index in [1.807, 2.05) is 20.2 Å². The van der Waals surface area contributed by atoms with Crippen molar-refractivity contribution in [2.75, 3.05) is 7.05 Å². The summed E-state index contributed by atoms with van der Waals surface area (Å²) in [4.78, 5) is 19.2. The average Bonchev–Trinajstić information content (AvgIpc) is 2.88. The second-order valence-corrected chi connectivity index (χ2v) is 6.66. The fourth-order valence-corrected chi connectivity index (χ4v) is 3.34. The highest BCUT2D eigenvalue weighted by Gasteiger charge is 2.32. The van der Waals surface area contributed by atoms with E-state index in [-0.39, 0.29) is 11.4 Å². The molecule has 100 valence electrons. The monoisotopic (exact) mass is 267 g/mol. The Morgan fingerprint density at radius 3 is 2.78 bits per heavy atom. The molecule has 2 rings (SSSR count). The molecule has 0 aromatic carbocycles. The summed E-state index contributed by atoms with van der Waals surface area (Å²) in [6, 6.07) is 0. The third kappa shape index (κ3) is 3.29. The number of rotatable bonds is 4. The third-order valence-electron chi connectivity index (χ3n) is 3.59. The summed E-state index contributed by atoms with van der Waals surface area (Å²) in [5, 5.41) is 1.04.